The molecule has 0 saturated carbocycles. The molecule has 0 bridgehead atoms. The van der Waals surface area contributed by atoms with E-state index in [1.54, 1.807) is 38.6 Å². The smallest absolute Gasteiger partial charge is 0.203 e. The topological polar surface area (TPSA) is 90.7 Å². The van der Waals surface area contributed by atoms with E-state index < -0.39 is 0 Å². The lowest BCUT2D eigenvalue weighted by Gasteiger charge is -2.12. The number of anilines is 1. The van der Waals surface area contributed by atoms with Crippen LogP contribution >= 0.6 is 0 Å². The van der Waals surface area contributed by atoms with Gasteiger partial charge in [-0.05, 0) is 42.0 Å². The van der Waals surface area contributed by atoms with Crippen LogP contribution in [0, 0.1) is 0 Å². The van der Waals surface area contributed by atoms with E-state index in [1.807, 2.05) is 31.3 Å². The molecule has 0 unspecified atom stereocenters. The van der Waals surface area contributed by atoms with E-state index in [0.717, 1.165) is 33.8 Å². The molecule has 0 saturated heterocycles. The third kappa shape index (κ3) is 3.79. The number of nitrogens with one attached hydrogen (secondary N) is 1. The predicted octanol–water partition coefficient (Wildman–Crippen LogP) is 3.92. The van der Waals surface area contributed by atoms with Crippen LogP contribution in [0.2, 0.25) is 0 Å². The molecule has 0 fully saturated rings. The van der Waals surface area contributed by atoms with E-state index in [4.69, 9.17) is 14.2 Å². The molecule has 2 N–H and O–H groups in total. The van der Waals surface area contributed by atoms with Gasteiger partial charge in [-0.3, -0.25) is 4.98 Å². The van der Waals surface area contributed by atoms with Crippen molar-refractivity contribution >= 4 is 17.0 Å². The maximum Gasteiger partial charge on any atom is 0.203 e. The van der Waals surface area contributed by atoms with Gasteiger partial charge >= 0.3 is 0 Å². The van der Waals surface area contributed by atoms with Gasteiger partial charge in [0.05, 0.1) is 45.3 Å². The lowest BCUT2D eigenvalue weighted by molar-refractivity contribution is 0.354. The molecule has 2 heterocycles. The second-order valence-corrected chi connectivity index (χ2v) is 6.91. The van der Waals surface area contributed by atoms with Gasteiger partial charge in [0, 0.05) is 12.6 Å². The van der Waals surface area contributed by atoms with Crippen LogP contribution in [-0.4, -0.2) is 48.0 Å². The molecule has 31 heavy (non-hydrogen) atoms. The van der Waals surface area contributed by atoms with Crippen molar-refractivity contribution in [2.24, 2.45) is 0 Å². The van der Waals surface area contributed by atoms with Crippen molar-refractivity contribution < 1.29 is 19.3 Å². The highest BCUT2D eigenvalue weighted by atomic mass is 16.5. The molecule has 0 aliphatic carbocycles. The minimum Gasteiger partial charge on any atom is -0.504 e. The predicted molar refractivity (Wildman–Crippen MR) is 119 cm³/mol. The zero-order chi connectivity index (χ0) is 22.0. The van der Waals surface area contributed by atoms with Gasteiger partial charge in [0.2, 0.25) is 5.95 Å². The van der Waals surface area contributed by atoms with E-state index in [1.165, 1.54) is 7.11 Å². The summed E-state index contributed by atoms with van der Waals surface area (Å²) in [5, 5.41) is 13.0. The van der Waals surface area contributed by atoms with E-state index in [9.17, 15) is 5.11 Å². The van der Waals surface area contributed by atoms with E-state index in [-0.39, 0.29) is 5.75 Å². The van der Waals surface area contributed by atoms with Crippen LogP contribution in [0.3, 0.4) is 0 Å². The number of phenolic OH excluding ortho intramolecular Hbond substituents is 1. The molecule has 0 aliphatic heterocycles. The third-order valence-electron chi connectivity index (χ3n) is 5.12. The monoisotopic (exact) mass is 420 g/mol. The summed E-state index contributed by atoms with van der Waals surface area (Å²) in [5.41, 5.74) is 4.33. The maximum atomic E-state index is 9.89. The van der Waals surface area contributed by atoms with Crippen molar-refractivity contribution in [2.45, 2.75) is 6.54 Å². The maximum absolute atomic E-state index is 9.89. The quantitative estimate of drug-likeness (QED) is 0.468. The average molecular weight is 420 g/mol. The van der Waals surface area contributed by atoms with Crippen LogP contribution in [0.15, 0.2) is 48.7 Å². The van der Waals surface area contributed by atoms with Crippen molar-refractivity contribution in [3.8, 4) is 34.3 Å². The molecule has 2 aromatic heterocycles. The van der Waals surface area contributed by atoms with Gasteiger partial charge in [0.15, 0.2) is 23.0 Å². The Kier molecular flexibility index (Phi) is 5.53. The molecule has 4 rings (SSSR count). The summed E-state index contributed by atoms with van der Waals surface area (Å²) in [7, 11) is 6.60. The highest BCUT2D eigenvalue weighted by Gasteiger charge is 2.14. The van der Waals surface area contributed by atoms with Gasteiger partial charge < -0.3 is 29.2 Å². The molecule has 2 aromatic carbocycles. The van der Waals surface area contributed by atoms with E-state index in [0.29, 0.717) is 23.8 Å². The highest BCUT2D eigenvalue weighted by Crippen LogP contribution is 2.33. The molecule has 4 aromatic rings. The number of methoxy groups -OCH3 is 3. The fourth-order valence-electron chi connectivity index (χ4n) is 3.54. The van der Waals surface area contributed by atoms with Gasteiger partial charge in [-0.1, -0.05) is 6.07 Å². The van der Waals surface area contributed by atoms with Gasteiger partial charge in [-0.25, -0.2) is 4.98 Å². The normalized spacial score (nSPS) is 10.8. The van der Waals surface area contributed by atoms with Crippen molar-refractivity contribution in [3.63, 3.8) is 0 Å². The number of pyridine rings is 1. The number of aromatic nitrogens is 3. The minimum absolute atomic E-state index is 0.0864. The summed E-state index contributed by atoms with van der Waals surface area (Å²) in [6.07, 6.45) is 1.75. The Bertz CT molecular complexity index is 1240. The Morgan fingerprint density at radius 3 is 2.42 bits per heavy atom. The van der Waals surface area contributed by atoms with Gasteiger partial charge in [-0.15, -0.1) is 0 Å². The number of hydrogen-bond donors (Lipinski definition) is 2. The third-order valence-corrected chi connectivity index (χ3v) is 5.12. The SMILES string of the molecule is CNc1nc2cnc(-c3ccc(O)c(OC)c3)cc2n1Cc1ccc(OC)c(OC)c1. The summed E-state index contributed by atoms with van der Waals surface area (Å²) in [4.78, 5) is 9.21. The number of imidazole rings is 1. The lowest BCUT2D eigenvalue weighted by Crippen LogP contribution is -2.05. The lowest BCUT2D eigenvalue weighted by atomic mass is 10.1. The van der Waals surface area contributed by atoms with Crippen molar-refractivity contribution in [3.05, 3.63) is 54.2 Å². The average Bonchev–Trinajstić information content (AvgIpc) is 3.16. The Morgan fingerprint density at radius 1 is 0.935 bits per heavy atom. The number of ether oxygens (including phenoxy) is 3. The van der Waals surface area contributed by atoms with E-state index in [2.05, 4.69) is 19.9 Å². The van der Waals surface area contributed by atoms with Crippen LogP contribution in [0.4, 0.5) is 5.95 Å². The largest absolute Gasteiger partial charge is 0.504 e. The zero-order valence-corrected chi connectivity index (χ0v) is 17.8. The molecule has 0 radical (unpaired) electrons. The number of nitrogens with zero attached hydrogens (tertiary/aromatic N) is 3. The van der Waals surface area contributed by atoms with Crippen LogP contribution in [0.25, 0.3) is 22.3 Å². The van der Waals surface area contributed by atoms with Gasteiger partial charge in [0.1, 0.15) is 5.52 Å². The molecule has 0 atom stereocenters. The van der Waals surface area contributed by atoms with Crippen LogP contribution < -0.4 is 19.5 Å². The standard InChI is InChI=1S/C23H24N4O4/c1-24-23-26-17-12-25-16(15-6-7-19(28)21(10-15)30-3)11-18(17)27(23)13-14-5-8-20(29-2)22(9-14)31-4/h5-12,28H,13H2,1-4H3,(H,24,26). The molecule has 0 aliphatic rings. The molecular weight excluding hydrogens is 396 g/mol. The molecule has 8 heteroatoms. The number of phenols is 1. The van der Waals surface area contributed by atoms with E-state index >= 15 is 0 Å². The van der Waals surface area contributed by atoms with Crippen LogP contribution in [-0.2, 0) is 6.54 Å². The molecule has 160 valence electrons. The molecule has 8 nitrogen and oxygen atoms in total. The number of hydrogen-bond acceptors (Lipinski definition) is 7. The molecular formula is C23H24N4O4. The Balaban J connectivity index is 1.79. The summed E-state index contributed by atoms with van der Waals surface area (Å²) in [5.74, 6) is 2.57. The number of rotatable bonds is 7. The first-order chi connectivity index (χ1) is 15.1. The summed E-state index contributed by atoms with van der Waals surface area (Å²) in [6.45, 7) is 0.579. The second kappa shape index (κ2) is 8.43. The van der Waals surface area contributed by atoms with Crippen molar-refractivity contribution in [1.29, 1.82) is 0 Å². The Morgan fingerprint density at radius 2 is 1.71 bits per heavy atom. The first-order valence-corrected chi connectivity index (χ1v) is 9.70. The van der Waals surface area contributed by atoms with Crippen LogP contribution in [0.1, 0.15) is 5.56 Å². The van der Waals surface area contributed by atoms with Gasteiger partial charge in [0.25, 0.3) is 0 Å². The van der Waals surface area contributed by atoms with Crippen LogP contribution in [0.5, 0.6) is 23.0 Å². The zero-order valence-electron chi connectivity index (χ0n) is 17.8. The summed E-state index contributed by atoms with van der Waals surface area (Å²) >= 11 is 0. The highest BCUT2D eigenvalue weighted by molar-refractivity contribution is 5.82. The Hall–Kier alpha value is -3.94. The first kappa shape index (κ1) is 20.3. The second-order valence-electron chi connectivity index (χ2n) is 6.91. The summed E-state index contributed by atoms with van der Waals surface area (Å²) in [6, 6.07) is 13.0. The van der Waals surface area contributed by atoms with Gasteiger partial charge in [-0.2, -0.15) is 0 Å². The molecule has 0 amide bonds. The number of fused-ring (bicyclic) bond motifs is 1. The van der Waals surface area contributed by atoms with Crippen molar-refractivity contribution in [2.75, 3.05) is 33.7 Å². The fraction of sp³-hybridized carbons (Fsp3) is 0.217. The number of benzene rings is 2. The minimum atomic E-state index is 0.0864. The molecule has 0 spiro atoms. The number of aromatic hydroxyl groups is 1. The van der Waals surface area contributed by atoms with Crippen molar-refractivity contribution in [1.82, 2.24) is 14.5 Å². The fourth-order valence-corrected chi connectivity index (χ4v) is 3.54. The summed E-state index contributed by atoms with van der Waals surface area (Å²) < 4.78 is 18.1. The Labute approximate surface area is 180 Å². The first-order valence-electron chi connectivity index (χ1n) is 9.70.